The predicted molar refractivity (Wildman–Crippen MR) is 107 cm³/mol. The van der Waals surface area contributed by atoms with E-state index in [0.717, 1.165) is 54.5 Å². The van der Waals surface area contributed by atoms with Crippen LogP contribution in [0.4, 0.5) is 0 Å². The van der Waals surface area contributed by atoms with E-state index in [4.69, 9.17) is 4.98 Å². The molecule has 6 nitrogen and oxygen atoms in total. The number of rotatable bonds is 4. The van der Waals surface area contributed by atoms with Gasteiger partial charge >= 0.3 is 0 Å². The third-order valence-corrected chi connectivity index (χ3v) is 4.99. The van der Waals surface area contributed by atoms with Crippen LogP contribution in [0.3, 0.4) is 0 Å². The highest BCUT2D eigenvalue weighted by molar-refractivity contribution is 5.54. The molecule has 0 N–H and O–H groups in total. The molecule has 6 heteroatoms. The highest BCUT2D eigenvalue weighted by atomic mass is 15.4. The van der Waals surface area contributed by atoms with E-state index in [1.54, 1.807) is 0 Å². The van der Waals surface area contributed by atoms with Gasteiger partial charge in [-0.05, 0) is 12.1 Å². The summed E-state index contributed by atoms with van der Waals surface area (Å²) in [4.78, 5) is 11.7. The SMILES string of the molecule is c1ccc(-c2ncc3c(n2)CCN(Cc2cn(-c4ccccc4)nn2)C3)cc1. The molecule has 138 valence electrons. The Hall–Kier alpha value is -3.38. The summed E-state index contributed by atoms with van der Waals surface area (Å²) in [6.07, 6.45) is 4.89. The lowest BCUT2D eigenvalue weighted by Gasteiger charge is -2.27. The van der Waals surface area contributed by atoms with Gasteiger partial charge in [0.2, 0.25) is 0 Å². The van der Waals surface area contributed by atoms with Gasteiger partial charge in [-0.1, -0.05) is 53.7 Å². The van der Waals surface area contributed by atoms with Gasteiger partial charge in [-0.25, -0.2) is 14.6 Å². The molecule has 0 fully saturated rings. The first-order chi connectivity index (χ1) is 13.8. The quantitative estimate of drug-likeness (QED) is 0.553. The number of hydrogen-bond acceptors (Lipinski definition) is 5. The molecule has 0 unspecified atom stereocenters. The zero-order valence-electron chi connectivity index (χ0n) is 15.4. The summed E-state index contributed by atoms with van der Waals surface area (Å²) < 4.78 is 1.82. The zero-order valence-corrected chi connectivity index (χ0v) is 15.4. The maximum atomic E-state index is 4.80. The Kier molecular flexibility index (Phi) is 4.39. The van der Waals surface area contributed by atoms with Crippen molar-refractivity contribution in [3.05, 3.63) is 90.0 Å². The average Bonchev–Trinajstić information content (AvgIpc) is 3.23. The standard InChI is InChI=1S/C22H20N6/c1-3-7-17(8-4-1)22-23-13-18-14-27(12-11-21(18)24-22)15-19-16-28(26-25-19)20-9-5-2-6-10-20/h1-10,13,16H,11-12,14-15H2. The van der Waals surface area contributed by atoms with Crippen LogP contribution in [0.5, 0.6) is 0 Å². The van der Waals surface area contributed by atoms with E-state index in [1.165, 1.54) is 5.56 Å². The van der Waals surface area contributed by atoms with Crippen molar-refractivity contribution in [1.82, 2.24) is 29.9 Å². The maximum absolute atomic E-state index is 4.80. The normalized spacial score (nSPS) is 14.0. The number of aromatic nitrogens is 5. The van der Waals surface area contributed by atoms with Crippen LogP contribution in [0.2, 0.25) is 0 Å². The monoisotopic (exact) mass is 368 g/mol. The van der Waals surface area contributed by atoms with E-state index >= 15 is 0 Å². The van der Waals surface area contributed by atoms with Crippen molar-refractivity contribution in [2.45, 2.75) is 19.5 Å². The fraction of sp³-hybridized carbons (Fsp3) is 0.182. The van der Waals surface area contributed by atoms with Crippen LogP contribution in [0.15, 0.2) is 73.1 Å². The van der Waals surface area contributed by atoms with Crippen molar-refractivity contribution in [3.63, 3.8) is 0 Å². The first-order valence-corrected chi connectivity index (χ1v) is 9.44. The molecule has 3 heterocycles. The van der Waals surface area contributed by atoms with Crippen molar-refractivity contribution >= 4 is 0 Å². The van der Waals surface area contributed by atoms with Gasteiger partial charge in [-0.2, -0.15) is 0 Å². The molecular formula is C22H20N6. The summed E-state index contributed by atoms with van der Waals surface area (Å²) in [5.74, 6) is 0.804. The van der Waals surface area contributed by atoms with Crippen LogP contribution >= 0.6 is 0 Å². The van der Waals surface area contributed by atoms with Gasteiger partial charge in [0.05, 0.1) is 23.3 Å². The van der Waals surface area contributed by atoms with Crippen LogP contribution in [0.25, 0.3) is 17.1 Å². The van der Waals surface area contributed by atoms with Gasteiger partial charge in [0.15, 0.2) is 5.82 Å². The summed E-state index contributed by atoms with van der Waals surface area (Å²) in [6.45, 7) is 2.56. The molecule has 0 spiro atoms. The second-order valence-corrected chi connectivity index (χ2v) is 6.98. The summed E-state index contributed by atoms with van der Waals surface area (Å²) in [5, 5.41) is 8.59. The molecule has 0 radical (unpaired) electrons. The van der Waals surface area contributed by atoms with E-state index < -0.39 is 0 Å². The lowest BCUT2D eigenvalue weighted by atomic mass is 10.1. The van der Waals surface area contributed by atoms with E-state index in [1.807, 2.05) is 77.7 Å². The lowest BCUT2D eigenvalue weighted by molar-refractivity contribution is 0.240. The molecule has 0 amide bonds. The van der Waals surface area contributed by atoms with Crippen LogP contribution in [-0.2, 0) is 19.5 Å². The molecule has 0 saturated heterocycles. The number of fused-ring (bicyclic) bond motifs is 1. The van der Waals surface area contributed by atoms with E-state index in [0.29, 0.717) is 0 Å². The van der Waals surface area contributed by atoms with E-state index in [9.17, 15) is 0 Å². The lowest BCUT2D eigenvalue weighted by Crippen LogP contribution is -2.31. The largest absolute Gasteiger partial charge is 0.293 e. The second-order valence-electron chi connectivity index (χ2n) is 6.98. The molecule has 2 aromatic heterocycles. The van der Waals surface area contributed by atoms with E-state index in [2.05, 4.69) is 20.2 Å². The number of nitrogens with zero attached hydrogens (tertiary/aromatic N) is 6. The number of para-hydroxylation sites is 1. The molecule has 2 aromatic carbocycles. The Balaban J connectivity index is 1.30. The van der Waals surface area contributed by atoms with Crippen LogP contribution in [0, 0.1) is 0 Å². The van der Waals surface area contributed by atoms with E-state index in [-0.39, 0.29) is 0 Å². The Labute approximate surface area is 163 Å². The van der Waals surface area contributed by atoms with Crippen molar-refractivity contribution in [2.75, 3.05) is 6.54 Å². The molecule has 0 aliphatic carbocycles. The minimum absolute atomic E-state index is 0.771. The molecule has 1 aliphatic rings. The molecule has 4 aromatic rings. The van der Waals surface area contributed by atoms with Crippen molar-refractivity contribution in [2.24, 2.45) is 0 Å². The fourth-order valence-electron chi connectivity index (χ4n) is 3.54. The predicted octanol–water partition coefficient (Wildman–Crippen LogP) is 3.28. The van der Waals surface area contributed by atoms with Crippen molar-refractivity contribution < 1.29 is 0 Å². The molecule has 0 saturated carbocycles. The summed E-state index contributed by atoms with van der Waals surface area (Å²) >= 11 is 0. The van der Waals surface area contributed by atoms with Gasteiger partial charge in [0, 0.05) is 43.4 Å². The third kappa shape index (κ3) is 3.42. The zero-order chi connectivity index (χ0) is 18.8. The Morgan fingerprint density at radius 1 is 0.929 bits per heavy atom. The maximum Gasteiger partial charge on any atom is 0.159 e. The number of hydrogen-bond donors (Lipinski definition) is 0. The highest BCUT2D eigenvalue weighted by Crippen LogP contribution is 2.21. The van der Waals surface area contributed by atoms with Crippen molar-refractivity contribution in [1.29, 1.82) is 0 Å². The van der Waals surface area contributed by atoms with Gasteiger partial charge in [0.1, 0.15) is 0 Å². The first kappa shape index (κ1) is 16.8. The minimum atomic E-state index is 0.771. The van der Waals surface area contributed by atoms with Crippen LogP contribution < -0.4 is 0 Å². The van der Waals surface area contributed by atoms with Gasteiger partial charge in [-0.15, -0.1) is 5.10 Å². The third-order valence-electron chi connectivity index (χ3n) is 4.99. The first-order valence-electron chi connectivity index (χ1n) is 9.44. The highest BCUT2D eigenvalue weighted by Gasteiger charge is 2.20. The van der Waals surface area contributed by atoms with Gasteiger partial charge in [-0.3, -0.25) is 4.90 Å². The molecule has 0 bridgehead atoms. The molecule has 28 heavy (non-hydrogen) atoms. The molecular weight excluding hydrogens is 348 g/mol. The fourth-order valence-corrected chi connectivity index (χ4v) is 3.54. The Morgan fingerprint density at radius 3 is 2.54 bits per heavy atom. The Morgan fingerprint density at radius 2 is 1.71 bits per heavy atom. The second kappa shape index (κ2) is 7.32. The Bertz CT molecular complexity index is 1070. The summed E-state index contributed by atoms with van der Waals surface area (Å²) in [5.41, 5.74) is 5.39. The van der Waals surface area contributed by atoms with Gasteiger partial charge < -0.3 is 0 Å². The minimum Gasteiger partial charge on any atom is -0.293 e. The molecule has 1 aliphatic heterocycles. The average molecular weight is 368 g/mol. The van der Waals surface area contributed by atoms with Crippen LogP contribution in [-0.4, -0.2) is 36.4 Å². The summed E-state index contributed by atoms with van der Waals surface area (Å²) in [7, 11) is 0. The van der Waals surface area contributed by atoms with Crippen molar-refractivity contribution in [3.8, 4) is 17.1 Å². The molecule has 0 atom stereocenters. The van der Waals surface area contributed by atoms with Gasteiger partial charge in [0.25, 0.3) is 0 Å². The summed E-state index contributed by atoms with van der Waals surface area (Å²) in [6, 6.07) is 20.2. The number of benzene rings is 2. The van der Waals surface area contributed by atoms with Crippen LogP contribution in [0.1, 0.15) is 17.0 Å². The molecule has 5 rings (SSSR count). The smallest absolute Gasteiger partial charge is 0.159 e. The topological polar surface area (TPSA) is 59.7 Å².